The minimum Gasteiger partial charge on any atom is -0.367 e. The van der Waals surface area contributed by atoms with Crippen molar-refractivity contribution in [1.82, 2.24) is 10.3 Å². The van der Waals surface area contributed by atoms with Gasteiger partial charge in [-0.3, -0.25) is 0 Å². The van der Waals surface area contributed by atoms with Crippen molar-refractivity contribution in [2.24, 2.45) is 0 Å². The molecule has 0 aliphatic heterocycles. The van der Waals surface area contributed by atoms with E-state index in [1.165, 1.54) is 36.8 Å². The molecule has 72 valence electrons. The van der Waals surface area contributed by atoms with Crippen LogP contribution in [-0.2, 0) is 6.42 Å². The van der Waals surface area contributed by atoms with Gasteiger partial charge in [0.15, 0.2) is 0 Å². The van der Waals surface area contributed by atoms with Gasteiger partial charge in [0, 0.05) is 18.4 Å². The molecule has 0 radical (unpaired) electrons. The number of rotatable bonds is 2. The van der Waals surface area contributed by atoms with Crippen LogP contribution in [0.3, 0.4) is 0 Å². The summed E-state index contributed by atoms with van der Waals surface area (Å²) in [6, 6.07) is 0.591. The Labute approximate surface area is 79.7 Å². The molecule has 2 nitrogen and oxygen atoms in total. The monoisotopic (exact) mass is 178 g/mol. The number of fused-ring (bicyclic) bond motifs is 1. The lowest BCUT2D eigenvalue weighted by atomic mass is 10.0. The third-order valence-corrected chi connectivity index (χ3v) is 2.88. The maximum atomic E-state index is 3.55. The van der Waals surface area contributed by atoms with Crippen molar-refractivity contribution in [3.05, 3.63) is 23.5 Å². The van der Waals surface area contributed by atoms with Crippen LogP contribution in [0.1, 0.15) is 43.4 Å². The highest BCUT2D eigenvalue weighted by Crippen LogP contribution is 2.27. The van der Waals surface area contributed by atoms with Gasteiger partial charge in [0.25, 0.3) is 0 Å². The van der Waals surface area contributed by atoms with Gasteiger partial charge >= 0.3 is 0 Å². The van der Waals surface area contributed by atoms with Gasteiger partial charge in [0.2, 0.25) is 0 Å². The van der Waals surface area contributed by atoms with Crippen LogP contribution in [0.2, 0.25) is 0 Å². The van der Waals surface area contributed by atoms with Gasteiger partial charge in [-0.1, -0.05) is 13.3 Å². The fourth-order valence-electron chi connectivity index (χ4n) is 2.23. The Balaban J connectivity index is 2.20. The lowest BCUT2D eigenvalue weighted by molar-refractivity contribution is 0.503. The largest absolute Gasteiger partial charge is 0.367 e. The summed E-state index contributed by atoms with van der Waals surface area (Å²) in [4.78, 5) is 3.22. The summed E-state index contributed by atoms with van der Waals surface area (Å²) in [5, 5.41) is 3.55. The van der Waals surface area contributed by atoms with E-state index in [9.17, 15) is 0 Å². The predicted octanol–water partition coefficient (Wildman–Crippen LogP) is 2.39. The minimum absolute atomic E-state index is 0.591. The molecule has 1 aliphatic carbocycles. The van der Waals surface area contributed by atoms with Crippen LogP contribution in [0.15, 0.2) is 12.4 Å². The van der Waals surface area contributed by atoms with Crippen LogP contribution in [0.25, 0.3) is 0 Å². The molecule has 0 fully saturated rings. The van der Waals surface area contributed by atoms with E-state index in [4.69, 9.17) is 0 Å². The molecule has 0 spiro atoms. The SMILES string of the molecule is CCNC1CCCCc2c[nH]cc21. The van der Waals surface area contributed by atoms with Gasteiger partial charge in [-0.15, -0.1) is 0 Å². The van der Waals surface area contributed by atoms with Gasteiger partial charge < -0.3 is 10.3 Å². The van der Waals surface area contributed by atoms with Gasteiger partial charge in [0.05, 0.1) is 0 Å². The zero-order chi connectivity index (χ0) is 9.10. The standard InChI is InChI=1S/C11H18N2/c1-2-13-11-6-4-3-5-9-7-12-8-10(9)11/h7-8,11-13H,2-6H2,1H3. The first kappa shape index (κ1) is 8.82. The predicted molar refractivity (Wildman–Crippen MR) is 54.8 cm³/mol. The summed E-state index contributed by atoms with van der Waals surface area (Å²) in [6.45, 7) is 3.24. The van der Waals surface area contributed by atoms with E-state index in [2.05, 4.69) is 29.6 Å². The van der Waals surface area contributed by atoms with E-state index in [1.54, 1.807) is 0 Å². The molecule has 0 aromatic carbocycles. The van der Waals surface area contributed by atoms with Gasteiger partial charge in [-0.25, -0.2) is 0 Å². The topological polar surface area (TPSA) is 27.8 Å². The summed E-state index contributed by atoms with van der Waals surface area (Å²) in [7, 11) is 0. The summed E-state index contributed by atoms with van der Waals surface area (Å²) in [5.74, 6) is 0. The first-order valence-electron chi connectivity index (χ1n) is 5.30. The second kappa shape index (κ2) is 3.97. The highest BCUT2D eigenvalue weighted by atomic mass is 14.9. The van der Waals surface area contributed by atoms with Crippen LogP contribution in [0, 0.1) is 0 Å². The van der Waals surface area contributed by atoms with E-state index in [0.29, 0.717) is 6.04 Å². The number of hydrogen-bond acceptors (Lipinski definition) is 1. The molecule has 0 bridgehead atoms. The number of H-pyrrole nitrogens is 1. The van der Waals surface area contributed by atoms with E-state index < -0.39 is 0 Å². The molecule has 0 saturated heterocycles. The molecule has 1 aromatic heterocycles. The molecule has 1 aromatic rings. The van der Waals surface area contributed by atoms with Crippen LogP contribution in [-0.4, -0.2) is 11.5 Å². The third kappa shape index (κ3) is 1.78. The molecular weight excluding hydrogens is 160 g/mol. The Kier molecular flexibility index (Phi) is 2.69. The van der Waals surface area contributed by atoms with Gasteiger partial charge in [0.1, 0.15) is 0 Å². The molecule has 0 amide bonds. The smallest absolute Gasteiger partial charge is 0.0337 e. The van der Waals surface area contributed by atoms with E-state index >= 15 is 0 Å². The molecule has 1 atom stereocenters. The molecule has 1 heterocycles. The van der Waals surface area contributed by atoms with Crippen molar-refractivity contribution in [1.29, 1.82) is 0 Å². The van der Waals surface area contributed by atoms with E-state index in [-0.39, 0.29) is 0 Å². The fourth-order valence-corrected chi connectivity index (χ4v) is 2.23. The van der Waals surface area contributed by atoms with E-state index in [1.807, 2.05) is 0 Å². The van der Waals surface area contributed by atoms with Crippen molar-refractivity contribution in [3.8, 4) is 0 Å². The lowest BCUT2D eigenvalue weighted by Gasteiger charge is -2.15. The third-order valence-electron chi connectivity index (χ3n) is 2.88. The molecule has 13 heavy (non-hydrogen) atoms. The zero-order valence-corrected chi connectivity index (χ0v) is 8.27. The summed E-state index contributed by atoms with van der Waals surface area (Å²) in [6.07, 6.45) is 9.55. The van der Waals surface area contributed by atoms with Gasteiger partial charge in [-0.2, -0.15) is 0 Å². The highest BCUT2D eigenvalue weighted by molar-refractivity contribution is 5.27. The maximum Gasteiger partial charge on any atom is 0.0337 e. The van der Waals surface area contributed by atoms with Crippen molar-refractivity contribution >= 4 is 0 Å². The quantitative estimate of drug-likeness (QED) is 0.669. The Bertz CT molecular complexity index is 265. The van der Waals surface area contributed by atoms with E-state index in [0.717, 1.165) is 6.54 Å². The van der Waals surface area contributed by atoms with Crippen molar-refractivity contribution in [2.45, 2.75) is 38.6 Å². The highest BCUT2D eigenvalue weighted by Gasteiger charge is 2.17. The number of aromatic amines is 1. The Morgan fingerprint density at radius 1 is 1.46 bits per heavy atom. The molecular formula is C11H18N2. The van der Waals surface area contributed by atoms with Crippen molar-refractivity contribution in [2.75, 3.05) is 6.54 Å². The first-order valence-corrected chi connectivity index (χ1v) is 5.30. The average molecular weight is 178 g/mol. The summed E-state index contributed by atoms with van der Waals surface area (Å²) in [5.41, 5.74) is 3.02. The minimum atomic E-state index is 0.591. The fraction of sp³-hybridized carbons (Fsp3) is 0.636. The Morgan fingerprint density at radius 2 is 2.38 bits per heavy atom. The number of hydrogen-bond donors (Lipinski definition) is 2. The number of nitrogens with one attached hydrogen (secondary N) is 2. The lowest BCUT2D eigenvalue weighted by Crippen LogP contribution is -2.20. The second-order valence-electron chi connectivity index (χ2n) is 3.79. The van der Waals surface area contributed by atoms with Crippen molar-refractivity contribution in [3.63, 3.8) is 0 Å². The van der Waals surface area contributed by atoms with Crippen LogP contribution in [0.5, 0.6) is 0 Å². The Hall–Kier alpha value is -0.760. The molecule has 0 saturated carbocycles. The number of aromatic nitrogens is 1. The number of aryl methyl sites for hydroxylation is 1. The molecule has 1 aliphatic rings. The molecule has 1 unspecified atom stereocenters. The summed E-state index contributed by atoms with van der Waals surface area (Å²) >= 11 is 0. The molecule has 2 heteroatoms. The van der Waals surface area contributed by atoms with Crippen molar-refractivity contribution < 1.29 is 0 Å². The average Bonchev–Trinajstić information content (AvgIpc) is 2.52. The summed E-state index contributed by atoms with van der Waals surface area (Å²) < 4.78 is 0. The first-order chi connectivity index (χ1) is 6.42. The zero-order valence-electron chi connectivity index (χ0n) is 8.27. The Morgan fingerprint density at radius 3 is 3.23 bits per heavy atom. The van der Waals surface area contributed by atoms with Gasteiger partial charge in [-0.05, 0) is 36.9 Å². The van der Waals surface area contributed by atoms with Crippen LogP contribution >= 0.6 is 0 Å². The normalized spacial score (nSPS) is 22.4. The maximum absolute atomic E-state index is 3.55. The second-order valence-corrected chi connectivity index (χ2v) is 3.79. The van der Waals surface area contributed by atoms with Crippen LogP contribution in [0.4, 0.5) is 0 Å². The molecule has 2 N–H and O–H groups in total. The molecule has 2 rings (SSSR count). The van der Waals surface area contributed by atoms with Crippen LogP contribution < -0.4 is 5.32 Å².